The van der Waals surface area contributed by atoms with Crippen LogP contribution in [-0.4, -0.2) is 20.0 Å². The smallest absolute Gasteiger partial charge is 0.173 e. The van der Waals surface area contributed by atoms with E-state index in [1.807, 2.05) is 14.2 Å². The molecule has 5 unspecified atom stereocenters. The van der Waals surface area contributed by atoms with E-state index in [1.165, 1.54) is 83.5 Å². The summed E-state index contributed by atoms with van der Waals surface area (Å²) in [4.78, 5) is 0. The molecule has 32 heavy (non-hydrogen) atoms. The maximum atomic E-state index is 6.50. The molecule has 0 heterocycles. The molecule has 0 N–H and O–H groups in total. The van der Waals surface area contributed by atoms with Gasteiger partial charge in [0.2, 0.25) is 0 Å². The molecular weight excluding hydrogens is 392 g/mol. The van der Waals surface area contributed by atoms with Crippen molar-refractivity contribution in [2.45, 2.75) is 138 Å². The first kappa shape index (κ1) is 28.2. The second kappa shape index (κ2) is 12.1. The Kier molecular flexibility index (Phi) is 10.6. The van der Waals surface area contributed by atoms with Crippen molar-refractivity contribution in [1.82, 2.24) is 0 Å². The Morgan fingerprint density at radius 2 is 1.16 bits per heavy atom. The first-order valence-electron chi connectivity index (χ1n) is 14.1. The van der Waals surface area contributed by atoms with Gasteiger partial charge < -0.3 is 9.47 Å². The molecule has 0 aromatic rings. The Bertz CT molecular complexity index is 522. The lowest BCUT2D eigenvalue weighted by Gasteiger charge is -2.46. The minimum Gasteiger partial charge on any atom is -0.353 e. The Hall–Kier alpha value is -0.0800. The largest absolute Gasteiger partial charge is 0.353 e. The van der Waals surface area contributed by atoms with Crippen molar-refractivity contribution in [3.63, 3.8) is 0 Å². The summed E-state index contributed by atoms with van der Waals surface area (Å²) in [6.07, 6.45) is 17.4. The van der Waals surface area contributed by atoms with Crippen molar-refractivity contribution < 1.29 is 9.47 Å². The van der Waals surface area contributed by atoms with Gasteiger partial charge in [0.15, 0.2) is 5.79 Å². The van der Waals surface area contributed by atoms with Gasteiger partial charge in [-0.05, 0) is 73.5 Å². The molecule has 2 aliphatic rings. The number of hydrogen-bond acceptors (Lipinski definition) is 2. The zero-order chi connectivity index (χ0) is 24.0. The van der Waals surface area contributed by atoms with Gasteiger partial charge in [-0.15, -0.1) is 0 Å². The Morgan fingerprint density at radius 1 is 0.656 bits per heavy atom. The third-order valence-corrected chi connectivity index (χ3v) is 9.52. The number of methoxy groups -OCH3 is 2. The maximum absolute atomic E-state index is 6.50. The summed E-state index contributed by atoms with van der Waals surface area (Å²) in [6, 6.07) is 0. The predicted molar refractivity (Wildman–Crippen MR) is 139 cm³/mol. The van der Waals surface area contributed by atoms with Crippen molar-refractivity contribution in [2.75, 3.05) is 14.2 Å². The zero-order valence-corrected chi connectivity index (χ0v) is 23.4. The van der Waals surface area contributed by atoms with Gasteiger partial charge in [-0.1, -0.05) is 87.0 Å². The molecule has 2 nitrogen and oxygen atoms in total. The molecule has 2 rings (SSSR count). The van der Waals surface area contributed by atoms with Crippen molar-refractivity contribution in [1.29, 1.82) is 0 Å². The molecule has 0 radical (unpaired) electrons. The van der Waals surface area contributed by atoms with Gasteiger partial charge in [0, 0.05) is 26.1 Å². The third-order valence-electron chi connectivity index (χ3n) is 9.52. The van der Waals surface area contributed by atoms with Crippen LogP contribution in [0.3, 0.4) is 0 Å². The van der Waals surface area contributed by atoms with Gasteiger partial charge in [0.05, 0.1) is 0 Å². The van der Waals surface area contributed by atoms with Gasteiger partial charge in [-0.2, -0.15) is 0 Å². The number of hydrogen-bond donors (Lipinski definition) is 0. The van der Waals surface area contributed by atoms with Gasteiger partial charge in [0.25, 0.3) is 0 Å². The molecule has 0 saturated heterocycles. The van der Waals surface area contributed by atoms with Crippen molar-refractivity contribution in [3.05, 3.63) is 0 Å². The molecule has 2 heteroatoms. The summed E-state index contributed by atoms with van der Waals surface area (Å²) in [5.41, 5.74) is 0.786. The quantitative estimate of drug-likeness (QED) is 0.218. The van der Waals surface area contributed by atoms with Crippen LogP contribution in [0.15, 0.2) is 0 Å². The first-order valence-corrected chi connectivity index (χ1v) is 14.1. The summed E-state index contributed by atoms with van der Waals surface area (Å²) >= 11 is 0. The molecule has 0 spiro atoms. The molecule has 0 amide bonds. The van der Waals surface area contributed by atoms with Crippen molar-refractivity contribution in [2.24, 2.45) is 40.4 Å². The van der Waals surface area contributed by atoms with Crippen LogP contribution >= 0.6 is 0 Å². The predicted octanol–water partition coefficient (Wildman–Crippen LogP) is 9.27. The molecule has 190 valence electrons. The number of ether oxygens (including phenoxy) is 2. The zero-order valence-electron chi connectivity index (χ0n) is 23.4. The fraction of sp³-hybridized carbons (Fsp3) is 1.00. The Labute approximate surface area is 202 Å². The average Bonchev–Trinajstić information content (AvgIpc) is 3.40. The van der Waals surface area contributed by atoms with E-state index in [2.05, 4.69) is 48.5 Å². The van der Waals surface area contributed by atoms with Crippen molar-refractivity contribution in [3.8, 4) is 0 Å². The minimum absolute atomic E-state index is 0.376. The molecule has 2 fully saturated rings. The van der Waals surface area contributed by atoms with Crippen LogP contribution < -0.4 is 0 Å². The minimum atomic E-state index is -0.402. The van der Waals surface area contributed by atoms with Gasteiger partial charge in [0.1, 0.15) is 0 Å². The highest BCUT2D eigenvalue weighted by molar-refractivity contribution is 4.98. The van der Waals surface area contributed by atoms with Crippen molar-refractivity contribution >= 4 is 0 Å². The van der Waals surface area contributed by atoms with E-state index < -0.39 is 5.79 Å². The van der Waals surface area contributed by atoms with Gasteiger partial charge >= 0.3 is 0 Å². The number of unbranched alkanes of at least 4 members (excludes halogenated alkanes) is 5. The lowest BCUT2D eigenvalue weighted by molar-refractivity contribution is -0.282. The Balaban J connectivity index is 2.20. The standard InChI is InChI=1S/C30H58O2/c1-10-11-12-13-14-15-16-27(23-17-18-24(21-23)28(2,3)4)30(31-8,32-9)26-20-19-25(22-26)29(5,6)7/h23-27H,10-22H2,1-9H3. The molecule has 0 aromatic carbocycles. The van der Waals surface area contributed by atoms with Crippen LogP contribution in [0, 0.1) is 40.4 Å². The molecule has 0 bridgehead atoms. The fourth-order valence-electron chi connectivity index (χ4n) is 7.23. The normalized spacial score (nSPS) is 28.4. The van der Waals surface area contributed by atoms with E-state index in [-0.39, 0.29) is 0 Å². The fourth-order valence-corrected chi connectivity index (χ4v) is 7.23. The molecule has 5 atom stereocenters. The monoisotopic (exact) mass is 450 g/mol. The van der Waals surface area contributed by atoms with E-state index in [1.54, 1.807) is 0 Å². The Morgan fingerprint density at radius 3 is 1.66 bits per heavy atom. The second-order valence-electron chi connectivity index (χ2n) is 13.5. The SMILES string of the molecule is CCCCCCCCC(C1CCC(C(C)(C)C)C1)C(OC)(OC)C1CCC(C(C)(C)C)C1. The molecular formula is C30H58O2. The lowest BCUT2D eigenvalue weighted by Crippen LogP contribution is -2.50. The highest BCUT2D eigenvalue weighted by Crippen LogP contribution is 2.55. The molecule has 2 aliphatic carbocycles. The van der Waals surface area contributed by atoms with E-state index in [9.17, 15) is 0 Å². The summed E-state index contributed by atoms with van der Waals surface area (Å²) in [5.74, 6) is 3.00. The topological polar surface area (TPSA) is 18.5 Å². The summed E-state index contributed by atoms with van der Waals surface area (Å²) < 4.78 is 13.0. The third kappa shape index (κ3) is 6.97. The summed E-state index contributed by atoms with van der Waals surface area (Å²) in [6.45, 7) is 16.9. The molecule has 2 saturated carbocycles. The average molecular weight is 451 g/mol. The summed E-state index contributed by atoms with van der Waals surface area (Å²) in [5, 5.41) is 0. The van der Waals surface area contributed by atoms with Gasteiger partial charge in [-0.25, -0.2) is 0 Å². The highest BCUT2D eigenvalue weighted by Gasteiger charge is 2.53. The van der Waals surface area contributed by atoms with E-state index >= 15 is 0 Å². The van der Waals surface area contributed by atoms with E-state index in [0.717, 1.165) is 17.8 Å². The van der Waals surface area contributed by atoms with Crippen LogP contribution in [0.25, 0.3) is 0 Å². The van der Waals surface area contributed by atoms with Crippen LogP contribution in [0.2, 0.25) is 0 Å². The first-order chi connectivity index (χ1) is 15.0. The van der Waals surface area contributed by atoms with Crippen LogP contribution in [0.1, 0.15) is 132 Å². The lowest BCUT2D eigenvalue weighted by atomic mass is 9.71. The van der Waals surface area contributed by atoms with Crippen LogP contribution in [0.4, 0.5) is 0 Å². The van der Waals surface area contributed by atoms with Crippen LogP contribution in [-0.2, 0) is 9.47 Å². The summed E-state index contributed by atoms with van der Waals surface area (Å²) in [7, 11) is 3.89. The highest BCUT2D eigenvalue weighted by atomic mass is 16.7. The second-order valence-corrected chi connectivity index (χ2v) is 13.5. The molecule has 0 aromatic heterocycles. The van der Waals surface area contributed by atoms with Gasteiger partial charge in [-0.3, -0.25) is 0 Å². The maximum Gasteiger partial charge on any atom is 0.173 e. The van der Waals surface area contributed by atoms with E-state index in [4.69, 9.17) is 9.47 Å². The van der Waals surface area contributed by atoms with Crippen LogP contribution in [0.5, 0.6) is 0 Å². The molecule has 0 aliphatic heterocycles. The van der Waals surface area contributed by atoms with E-state index in [0.29, 0.717) is 22.7 Å². The number of rotatable bonds is 12.